The monoisotopic (exact) mass is 2180 g/mol. The Balaban J connectivity index is 0.000000147. The zero-order valence-electron chi connectivity index (χ0n) is 60.2. The third-order valence-corrected chi connectivity index (χ3v) is 17.6. The summed E-state index contributed by atoms with van der Waals surface area (Å²) in [5.41, 5.74) is 10.0. The second-order valence-corrected chi connectivity index (χ2v) is 25.0. The molecule has 10 aromatic carbocycles. The SMILES string of the molecule is CC(=O)C=C(C)O.[Ir+3].[Ir].[Ir].[Ir].[c-]1cccc2ccc3cccnc3c12.[c-]1cccc2ccc3cccnc3c12.[c-]1cccc2ccc3cccnc3c12.[c-]1ccccc1-c1ccccn1.[c-]1ccsc1-c1nccc2ccccc12.[c-]1cnccc1-c1nccc2ccccc12.[c-]1cnccc1-c1nccc2ccccc12. The molecule has 0 aliphatic carbocycles. The first-order chi connectivity index (χ1) is 53.3. The first kappa shape index (κ1) is 84.4. The van der Waals surface area contributed by atoms with Crippen LogP contribution in [0, 0.1) is 42.5 Å². The standard InChI is InChI=1S/2C14H9N2.C13H8NS.3C13H8N.C11H8N.C5H8O2.4Ir/c2*1-2-4-13-11(3-1)7-10-16-14(13)12-5-8-15-9-6-12;1-2-5-11-10(4-1)7-8-14-13(11)12-6-3-9-15-12;3*1-2-6-12-10(4-1)7-8-11-5-3-9-14-13(11)12;1-2-6-10(7-3-1)11-8-4-5-9-12-11;1-4(6)3-5(2)7;;;;/h2*1-5,7-10H;1-5,7-9H;3*1-5,7-9H;1-6,8-9H;3,6H,1-2H3;;;;/q7*-1;;;;;+3. The average Bonchev–Trinajstić information content (AvgIpc) is 1.67. The van der Waals surface area contributed by atoms with Crippen LogP contribution < -0.4 is 0 Å². The van der Waals surface area contributed by atoms with Gasteiger partial charge in [0.05, 0.1) is 5.76 Å². The molecule has 0 spiro atoms. The fourth-order valence-corrected chi connectivity index (χ4v) is 12.5. The van der Waals surface area contributed by atoms with E-state index in [0.717, 1.165) is 87.8 Å². The summed E-state index contributed by atoms with van der Waals surface area (Å²) in [6.07, 6.45) is 20.8. The predicted octanol–water partition coefficient (Wildman–Crippen LogP) is 23.1. The molecule has 0 aliphatic heterocycles. The van der Waals surface area contributed by atoms with Gasteiger partial charge in [0.1, 0.15) is 0 Å². The minimum Gasteiger partial charge on any atom is -0.512 e. The Kier molecular flexibility index (Phi) is 32.9. The molecule has 553 valence electrons. The summed E-state index contributed by atoms with van der Waals surface area (Å²) in [5.74, 6) is -0.0625. The summed E-state index contributed by atoms with van der Waals surface area (Å²) < 4.78 is 0. The molecular weight excluding hydrogens is 2110 g/mol. The molecule has 16 heteroatoms. The van der Waals surface area contributed by atoms with Gasteiger partial charge in [0.25, 0.3) is 0 Å². The summed E-state index contributed by atoms with van der Waals surface area (Å²) >= 11 is 1.67. The van der Waals surface area contributed by atoms with E-state index in [1.807, 2.05) is 212 Å². The molecule has 0 bridgehead atoms. The molecule has 11 nitrogen and oxygen atoms in total. The van der Waals surface area contributed by atoms with Crippen molar-refractivity contribution < 1.29 is 90.3 Å². The summed E-state index contributed by atoms with van der Waals surface area (Å²) in [6.45, 7) is 2.85. The Labute approximate surface area is 708 Å². The van der Waals surface area contributed by atoms with E-state index in [-0.39, 0.29) is 92.0 Å². The molecule has 112 heavy (non-hydrogen) atoms. The number of rotatable bonds is 5. The predicted molar refractivity (Wildman–Crippen MR) is 441 cm³/mol. The van der Waals surface area contributed by atoms with Gasteiger partial charge in [-0.05, 0) is 169 Å². The molecule has 20 aromatic rings. The first-order valence-electron chi connectivity index (χ1n) is 34.6. The Morgan fingerprint density at radius 2 is 0.705 bits per heavy atom. The Bertz CT molecular complexity index is 5760. The van der Waals surface area contributed by atoms with Crippen molar-refractivity contribution in [3.63, 3.8) is 0 Å². The van der Waals surface area contributed by atoms with Crippen molar-refractivity contribution in [2.45, 2.75) is 13.8 Å². The minimum absolute atomic E-state index is 0. The van der Waals surface area contributed by atoms with Gasteiger partial charge >= 0.3 is 20.1 Å². The zero-order chi connectivity index (χ0) is 73.9. The van der Waals surface area contributed by atoms with Gasteiger partial charge in [-0.1, -0.05) is 144 Å². The van der Waals surface area contributed by atoms with Gasteiger partial charge in [-0.2, -0.15) is 35.4 Å². The number of hydrogen-bond acceptors (Lipinski definition) is 12. The Hall–Kier alpha value is -11.6. The number of nitrogens with zero attached hydrogens (tertiary/aromatic N) is 9. The summed E-state index contributed by atoms with van der Waals surface area (Å²) in [5, 5.41) is 27.9. The summed E-state index contributed by atoms with van der Waals surface area (Å²) in [4.78, 5) is 49.7. The molecule has 0 amide bonds. The number of aliphatic hydroxyl groups excluding tert-OH is 1. The van der Waals surface area contributed by atoms with Crippen molar-refractivity contribution in [3.8, 4) is 44.3 Å². The molecule has 0 unspecified atom stereocenters. The van der Waals surface area contributed by atoms with E-state index < -0.39 is 0 Å². The van der Waals surface area contributed by atoms with E-state index >= 15 is 0 Å². The van der Waals surface area contributed by atoms with Crippen LogP contribution in [0.2, 0.25) is 0 Å². The average molecular weight is 2180 g/mol. The van der Waals surface area contributed by atoms with E-state index in [1.165, 1.54) is 73.8 Å². The Morgan fingerprint density at radius 1 is 0.321 bits per heavy atom. The molecule has 10 aromatic heterocycles. The molecule has 1 N–H and O–H groups in total. The Morgan fingerprint density at radius 3 is 1.08 bits per heavy atom. The number of benzene rings is 10. The van der Waals surface area contributed by atoms with E-state index in [1.54, 1.807) is 42.3 Å². The molecular formula is C96H66Ir4N9O2S-4. The molecule has 0 saturated carbocycles. The number of hydrogen-bond donors (Lipinski definition) is 1. The van der Waals surface area contributed by atoms with E-state index in [0.29, 0.717) is 0 Å². The van der Waals surface area contributed by atoms with Crippen molar-refractivity contribution in [2.75, 3.05) is 0 Å². The normalized spacial score (nSPS) is 10.2. The van der Waals surface area contributed by atoms with Gasteiger partial charge in [-0.25, -0.2) is 11.3 Å². The van der Waals surface area contributed by atoms with Gasteiger partial charge in [-0.3, -0.25) is 14.8 Å². The third kappa shape index (κ3) is 22.6. The first-order valence-corrected chi connectivity index (χ1v) is 35.5. The number of allylic oxidation sites excluding steroid dienone is 2. The second-order valence-electron chi connectivity index (χ2n) is 24.1. The maximum Gasteiger partial charge on any atom is 3.00 e. The topological polar surface area (TPSA) is 153 Å². The fraction of sp³-hybridized carbons (Fsp3) is 0.0208. The van der Waals surface area contributed by atoms with Crippen LogP contribution >= 0.6 is 11.3 Å². The van der Waals surface area contributed by atoms with Gasteiger partial charge in [-0.15, -0.1) is 159 Å². The van der Waals surface area contributed by atoms with E-state index in [2.05, 4.69) is 197 Å². The zero-order valence-corrected chi connectivity index (χ0v) is 70.6. The molecule has 20 rings (SSSR count). The number of fused-ring (bicyclic) bond motifs is 12. The maximum absolute atomic E-state index is 10.0. The molecule has 0 saturated heterocycles. The van der Waals surface area contributed by atoms with Crippen molar-refractivity contribution in [1.29, 1.82) is 0 Å². The van der Waals surface area contributed by atoms with Crippen LogP contribution in [0.3, 0.4) is 0 Å². The van der Waals surface area contributed by atoms with Crippen LogP contribution in [-0.2, 0) is 85.2 Å². The van der Waals surface area contributed by atoms with Crippen LogP contribution in [0.25, 0.3) is 142 Å². The number of carbonyl (C=O) groups is 1. The number of ketones is 1. The van der Waals surface area contributed by atoms with E-state index in [4.69, 9.17) is 5.11 Å². The third-order valence-electron chi connectivity index (χ3n) is 16.7. The number of pyridine rings is 9. The molecule has 10 heterocycles. The van der Waals surface area contributed by atoms with Crippen molar-refractivity contribution in [2.24, 2.45) is 0 Å². The quantitative estimate of drug-likeness (QED) is 0.0758. The minimum atomic E-state index is -0.125. The smallest absolute Gasteiger partial charge is 0.512 e. The largest absolute Gasteiger partial charge is 3.00 e. The van der Waals surface area contributed by atoms with E-state index in [9.17, 15) is 4.79 Å². The number of carbonyl (C=O) groups excluding carboxylic acids is 1. The summed E-state index contributed by atoms with van der Waals surface area (Å²) in [7, 11) is 0. The van der Waals surface area contributed by atoms with Crippen molar-refractivity contribution in [1.82, 2.24) is 44.9 Å². The maximum atomic E-state index is 10.0. The number of aromatic nitrogens is 9. The number of aliphatic hydroxyl groups is 1. The van der Waals surface area contributed by atoms with Crippen LogP contribution in [0.4, 0.5) is 0 Å². The van der Waals surface area contributed by atoms with Crippen molar-refractivity contribution >= 4 is 114 Å². The van der Waals surface area contributed by atoms with Crippen LogP contribution in [0.5, 0.6) is 0 Å². The van der Waals surface area contributed by atoms with Gasteiger partial charge in [0, 0.05) is 110 Å². The molecule has 0 aliphatic rings. The fourth-order valence-electron chi connectivity index (χ4n) is 11.8. The summed E-state index contributed by atoms with van der Waals surface area (Å²) in [6, 6.07) is 115. The molecule has 0 atom stereocenters. The van der Waals surface area contributed by atoms with Crippen LogP contribution in [0.15, 0.2) is 364 Å². The second kappa shape index (κ2) is 43.7. The molecule has 0 fully saturated rings. The van der Waals surface area contributed by atoms with Gasteiger partial charge < -0.3 is 40.0 Å². The van der Waals surface area contributed by atoms with Crippen LogP contribution in [-0.4, -0.2) is 55.7 Å². The van der Waals surface area contributed by atoms with Gasteiger partial charge in [0.2, 0.25) is 0 Å². The van der Waals surface area contributed by atoms with Crippen molar-refractivity contribution in [3.05, 3.63) is 407 Å². The van der Waals surface area contributed by atoms with Crippen LogP contribution in [0.1, 0.15) is 13.8 Å². The molecule has 3 radical (unpaired) electrons. The number of thiophene rings is 1. The van der Waals surface area contributed by atoms with Gasteiger partial charge in [0.15, 0.2) is 5.78 Å².